The van der Waals surface area contributed by atoms with Gasteiger partial charge in [-0.05, 0) is 20.9 Å². The lowest BCUT2D eigenvalue weighted by Crippen LogP contribution is -2.25. The van der Waals surface area contributed by atoms with Crippen LogP contribution in [0.5, 0.6) is 0 Å². The summed E-state index contributed by atoms with van der Waals surface area (Å²) in [5.41, 5.74) is 2.34. The monoisotopic (exact) mass is 298 g/mol. The molecule has 21 heavy (non-hydrogen) atoms. The average molecular weight is 299 g/mol. The Morgan fingerprint density at radius 3 is 2.10 bits per heavy atom. The lowest BCUT2D eigenvalue weighted by atomic mass is 10.1. The smallest absolute Gasteiger partial charge is 0.142 e. The van der Waals surface area contributed by atoms with E-state index in [9.17, 15) is 0 Å². The van der Waals surface area contributed by atoms with Gasteiger partial charge in [-0.25, -0.2) is 0 Å². The molecular weight excluding hydrogens is 260 g/mol. The van der Waals surface area contributed by atoms with Crippen molar-refractivity contribution in [3.8, 4) is 0 Å². The highest BCUT2D eigenvalue weighted by atomic mass is 16.5. The SMILES string of the molecule is C=CC.CC.CC.CCC.Cc1noc2c1CN(C)CC2. The molecule has 0 aliphatic carbocycles. The molecule has 0 N–H and O–H groups in total. The molecule has 0 unspecified atom stereocenters. The van der Waals surface area contributed by atoms with Gasteiger partial charge in [0.2, 0.25) is 0 Å². The van der Waals surface area contributed by atoms with E-state index in [1.54, 1.807) is 6.08 Å². The van der Waals surface area contributed by atoms with Crippen molar-refractivity contribution in [3.63, 3.8) is 0 Å². The molecule has 0 amide bonds. The van der Waals surface area contributed by atoms with E-state index in [0.29, 0.717) is 0 Å². The van der Waals surface area contributed by atoms with Gasteiger partial charge in [0.25, 0.3) is 0 Å². The predicted molar refractivity (Wildman–Crippen MR) is 95.8 cm³/mol. The number of nitrogens with zero attached hydrogens (tertiary/aromatic N) is 2. The van der Waals surface area contributed by atoms with Crippen molar-refractivity contribution in [2.45, 2.75) is 74.8 Å². The molecule has 0 bridgehead atoms. The van der Waals surface area contributed by atoms with Crippen molar-refractivity contribution >= 4 is 0 Å². The highest BCUT2D eigenvalue weighted by molar-refractivity contribution is 5.23. The summed E-state index contributed by atoms with van der Waals surface area (Å²) in [4.78, 5) is 2.28. The van der Waals surface area contributed by atoms with Crippen LogP contribution in [0.1, 0.15) is 71.9 Å². The number of aryl methyl sites for hydroxylation is 1. The van der Waals surface area contributed by atoms with Crippen molar-refractivity contribution in [2.24, 2.45) is 0 Å². The van der Waals surface area contributed by atoms with Crippen molar-refractivity contribution in [1.29, 1.82) is 0 Å². The molecule has 2 rings (SSSR count). The highest BCUT2D eigenvalue weighted by Gasteiger charge is 2.19. The van der Waals surface area contributed by atoms with Crippen molar-refractivity contribution in [1.82, 2.24) is 10.1 Å². The predicted octanol–water partition coefficient (Wildman–Crippen LogP) is 5.63. The quantitative estimate of drug-likeness (QED) is 0.581. The molecule has 1 aliphatic heterocycles. The van der Waals surface area contributed by atoms with Gasteiger partial charge in [-0.1, -0.05) is 59.2 Å². The van der Waals surface area contributed by atoms with Crippen LogP contribution in [0.3, 0.4) is 0 Å². The number of fused-ring (bicyclic) bond motifs is 1. The van der Waals surface area contributed by atoms with Gasteiger partial charge in [-0.3, -0.25) is 0 Å². The highest BCUT2D eigenvalue weighted by Crippen LogP contribution is 2.20. The first-order valence-corrected chi connectivity index (χ1v) is 8.30. The van der Waals surface area contributed by atoms with Gasteiger partial charge in [0.1, 0.15) is 5.76 Å². The second-order valence-electron chi connectivity index (χ2n) is 4.27. The number of hydrogen-bond acceptors (Lipinski definition) is 3. The maximum Gasteiger partial charge on any atom is 0.142 e. The van der Waals surface area contributed by atoms with Gasteiger partial charge in [0.05, 0.1) is 5.69 Å². The van der Waals surface area contributed by atoms with Crippen LogP contribution in [0.4, 0.5) is 0 Å². The number of rotatable bonds is 0. The maximum absolute atomic E-state index is 5.16. The largest absolute Gasteiger partial charge is 0.361 e. The molecule has 0 saturated carbocycles. The number of aromatic nitrogens is 1. The third-order valence-corrected chi connectivity index (χ3v) is 2.21. The van der Waals surface area contributed by atoms with Crippen LogP contribution in [0.15, 0.2) is 17.2 Å². The molecule has 0 aromatic carbocycles. The van der Waals surface area contributed by atoms with Crippen LogP contribution >= 0.6 is 0 Å². The molecule has 0 fully saturated rings. The van der Waals surface area contributed by atoms with Gasteiger partial charge in [0.15, 0.2) is 0 Å². The lowest BCUT2D eigenvalue weighted by molar-refractivity contribution is 0.281. The zero-order valence-corrected chi connectivity index (χ0v) is 15.9. The van der Waals surface area contributed by atoms with Gasteiger partial charge < -0.3 is 9.42 Å². The van der Waals surface area contributed by atoms with E-state index in [2.05, 4.69) is 37.5 Å². The summed E-state index contributed by atoms with van der Waals surface area (Å²) in [5, 5.41) is 3.93. The number of allylic oxidation sites excluding steroid dienone is 1. The fourth-order valence-corrected chi connectivity index (χ4v) is 1.48. The van der Waals surface area contributed by atoms with Crippen LogP contribution in [0, 0.1) is 6.92 Å². The Hall–Kier alpha value is -1.09. The molecule has 3 nitrogen and oxygen atoms in total. The van der Waals surface area contributed by atoms with Gasteiger partial charge in [-0.2, -0.15) is 0 Å². The molecule has 0 spiro atoms. The summed E-state index contributed by atoms with van der Waals surface area (Å²) in [5.74, 6) is 1.08. The summed E-state index contributed by atoms with van der Waals surface area (Å²) in [6.07, 6.45) is 4.01. The second-order valence-corrected chi connectivity index (χ2v) is 4.27. The fourth-order valence-electron chi connectivity index (χ4n) is 1.48. The van der Waals surface area contributed by atoms with E-state index < -0.39 is 0 Å². The molecule has 0 atom stereocenters. The Balaban J connectivity index is -0.000000275. The zero-order chi connectivity index (χ0) is 17.3. The van der Waals surface area contributed by atoms with Gasteiger partial charge in [0, 0.05) is 25.1 Å². The zero-order valence-electron chi connectivity index (χ0n) is 15.9. The van der Waals surface area contributed by atoms with Gasteiger partial charge in [-0.15, -0.1) is 6.58 Å². The molecule has 0 saturated heterocycles. The molecule has 1 aromatic rings. The summed E-state index contributed by atoms with van der Waals surface area (Å²) in [7, 11) is 2.12. The first-order chi connectivity index (χ1) is 10.1. The number of likely N-dealkylation sites (N-methyl/N-ethyl adjacent to an activating group) is 1. The normalized spacial score (nSPS) is 11.7. The van der Waals surface area contributed by atoms with Crippen LogP contribution in [0.2, 0.25) is 0 Å². The van der Waals surface area contributed by atoms with Crippen LogP contribution in [-0.4, -0.2) is 23.6 Å². The van der Waals surface area contributed by atoms with E-state index in [1.807, 2.05) is 41.5 Å². The van der Waals surface area contributed by atoms with Gasteiger partial charge >= 0.3 is 0 Å². The lowest BCUT2D eigenvalue weighted by Gasteiger charge is -2.20. The van der Waals surface area contributed by atoms with E-state index in [1.165, 1.54) is 12.0 Å². The standard InChI is InChI=1S/C8H12N2O.C3H8.C3H6.2C2H6/c1-6-7-5-10(2)4-3-8(7)11-9-6;2*1-3-2;2*1-2/h3-5H2,1-2H3;3H2,1-2H3;3H,1H2,2H3;2*1-2H3. The Morgan fingerprint density at radius 1 is 1.24 bits per heavy atom. The Kier molecular flexibility index (Phi) is 22.4. The molecule has 1 aliphatic rings. The van der Waals surface area contributed by atoms with Crippen molar-refractivity contribution in [3.05, 3.63) is 29.7 Å². The molecule has 126 valence electrons. The molecule has 2 heterocycles. The first kappa shape index (κ1) is 24.9. The molecule has 0 radical (unpaired) electrons. The molecule has 3 heteroatoms. The van der Waals surface area contributed by atoms with Crippen molar-refractivity contribution in [2.75, 3.05) is 13.6 Å². The van der Waals surface area contributed by atoms with E-state index >= 15 is 0 Å². The molecule has 1 aromatic heterocycles. The van der Waals surface area contributed by atoms with Crippen LogP contribution < -0.4 is 0 Å². The van der Waals surface area contributed by atoms with E-state index in [-0.39, 0.29) is 0 Å². The number of hydrogen-bond donors (Lipinski definition) is 0. The van der Waals surface area contributed by atoms with E-state index in [4.69, 9.17) is 4.52 Å². The Bertz CT molecular complexity index is 319. The minimum absolute atomic E-state index is 0.991. The third-order valence-electron chi connectivity index (χ3n) is 2.21. The maximum atomic E-state index is 5.16. The Labute approximate surface area is 133 Å². The fraction of sp³-hybridized carbons (Fsp3) is 0.722. The summed E-state index contributed by atoms with van der Waals surface area (Å²) >= 11 is 0. The minimum atomic E-state index is 0.991. The second kappa shape index (κ2) is 18.9. The van der Waals surface area contributed by atoms with Crippen molar-refractivity contribution < 1.29 is 4.52 Å². The summed E-state index contributed by atoms with van der Waals surface area (Å²) < 4.78 is 5.16. The first-order valence-electron chi connectivity index (χ1n) is 8.30. The summed E-state index contributed by atoms with van der Waals surface area (Å²) in [6.45, 7) is 21.6. The van der Waals surface area contributed by atoms with Crippen LogP contribution in [0.25, 0.3) is 0 Å². The minimum Gasteiger partial charge on any atom is -0.361 e. The molecular formula is C18H38N2O. The summed E-state index contributed by atoms with van der Waals surface area (Å²) in [6, 6.07) is 0. The third kappa shape index (κ3) is 12.4. The van der Waals surface area contributed by atoms with E-state index in [0.717, 1.165) is 31.0 Å². The average Bonchev–Trinajstić information content (AvgIpc) is 2.86. The topological polar surface area (TPSA) is 29.3 Å². The van der Waals surface area contributed by atoms with Crippen LogP contribution in [-0.2, 0) is 13.0 Å². The Morgan fingerprint density at radius 2 is 1.67 bits per heavy atom.